The molecule has 1 fully saturated rings. The molecule has 1 amide bonds. The highest BCUT2D eigenvalue weighted by Gasteiger charge is 2.29. The van der Waals surface area contributed by atoms with Gasteiger partial charge in [-0.15, -0.1) is 0 Å². The van der Waals surface area contributed by atoms with Crippen LogP contribution in [0.25, 0.3) is 0 Å². The Morgan fingerprint density at radius 2 is 2.31 bits per heavy atom. The molecule has 0 aliphatic carbocycles. The number of rotatable bonds is 3. The number of carboxylic acids is 1. The molecule has 74 valence electrons. The van der Waals surface area contributed by atoms with E-state index < -0.39 is 5.97 Å². The lowest BCUT2D eigenvalue weighted by atomic mass is 9.82. The Hall–Kier alpha value is -1.06. The number of carbonyl (C=O) groups excluding carboxylic acids is 1. The van der Waals surface area contributed by atoms with E-state index >= 15 is 0 Å². The molecule has 0 saturated carbocycles. The topological polar surface area (TPSA) is 66.4 Å². The van der Waals surface area contributed by atoms with Gasteiger partial charge in [0, 0.05) is 19.4 Å². The molecule has 2 atom stereocenters. The van der Waals surface area contributed by atoms with Crippen molar-refractivity contribution in [3.05, 3.63) is 0 Å². The fourth-order valence-electron chi connectivity index (χ4n) is 1.83. The summed E-state index contributed by atoms with van der Waals surface area (Å²) in [5, 5.41) is 11.4. The van der Waals surface area contributed by atoms with Crippen molar-refractivity contribution < 1.29 is 14.7 Å². The van der Waals surface area contributed by atoms with Crippen LogP contribution in [0.5, 0.6) is 0 Å². The Labute approximate surface area is 77.3 Å². The quantitative estimate of drug-likeness (QED) is 0.677. The van der Waals surface area contributed by atoms with Gasteiger partial charge in [-0.2, -0.15) is 0 Å². The summed E-state index contributed by atoms with van der Waals surface area (Å²) in [6.45, 7) is 2.66. The van der Waals surface area contributed by atoms with Crippen LogP contribution in [0.15, 0.2) is 0 Å². The normalized spacial score (nSPS) is 28.2. The van der Waals surface area contributed by atoms with Gasteiger partial charge in [0.1, 0.15) is 0 Å². The number of carboxylic acid groups (broad SMARTS) is 1. The summed E-state index contributed by atoms with van der Waals surface area (Å²) in [7, 11) is 0. The van der Waals surface area contributed by atoms with Crippen molar-refractivity contribution in [3.8, 4) is 0 Å². The van der Waals surface area contributed by atoms with Crippen LogP contribution in [0, 0.1) is 11.8 Å². The Morgan fingerprint density at radius 1 is 1.62 bits per heavy atom. The zero-order valence-electron chi connectivity index (χ0n) is 7.75. The molecule has 0 aromatic rings. The maximum atomic E-state index is 11.0. The fourth-order valence-corrected chi connectivity index (χ4v) is 1.83. The van der Waals surface area contributed by atoms with Crippen LogP contribution in [-0.2, 0) is 9.59 Å². The van der Waals surface area contributed by atoms with Crippen LogP contribution >= 0.6 is 0 Å². The van der Waals surface area contributed by atoms with E-state index in [-0.39, 0.29) is 18.2 Å². The molecule has 0 bridgehead atoms. The van der Waals surface area contributed by atoms with Crippen molar-refractivity contribution in [1.82, 2.24) is 5.32 Å². The lowest BCUT2D eigenvalue weighted by molar-refractivity contribution is -0.139. The zero-order valence-corrected chi connectivity index (χ0v) is 7.75. The van der Waals surface area contributed by atoms with Gasteiger partial charge >= 0.3 is 5.97 Å². The van der Waals surface area contributed by atoms with Gasteiger partial charge in [-0.1, -0.05) is 13.3 Å². The molecule has 13 heavy (non-hydrogen) atoms. The molecule has 1 saturated heterocycles. The van der Waals surface area contributed by atoms with Crippen LogP contribution in [0.4, 0.5) is 0 Å². The van der Waals surface area contributed by atoms with Crippen LogP contribution in [0.3, 0.4) is 0 Å². The van der Waals surface area contributed by atoms with E-state index in [1.807, 2.05) is 6.92 Å². The molecule has 0 radical (unpaired) electrons. The minimum atomic E-state index is -0.807. The highest BCUT2D eigenvalue weighted by Crippen LogP contribution is 2.25. The van der Waals surface area contributed by atoms with Gasteiger partial charge < -0.3 is 10.4 Å². The lowest BCUT2D eigenvalue weighted by Gasteiger charge is -2.29. The first-order chi connectivity index (χ1) is 6.13. The standard InChI is InChI=1S/C9H15NO3/c1-2-6-5-10-8(11)3-7(6)4-9(12)13/h6-7H,2-5H2,1H3,(H,10,11)(H,12,13). The van der Waals surface area contributed by atoms with E-state index in [0.717, 1.165) is 6.42 Å². The Bertz CT molecular complexity index is 213. The molecule has 4 heteroatoms. The summed E-state index contributed by atoms with van der Waals surface area (Å²) in [6, 6.07) is 0. The van der Waals surface area contributed by atoms with E-state index in [1.54, 1.807) is 0 Å². The first-order valence-corrected chi connectivity index (χ1v) is 4.62. The summed E-state index contributed by atoms with van der Waals surface area (Å²) in [5.41, 5.74) is 0. The molecular weight excluding hydrogens is 170 g/mol. The van der Waals surface area contributed by atoms with Crippen LogP contribution in [-0.4, -0.2) is 23.5 Å². The van der Waals surface area contributed by atoms with E-state index in [0.29, 0.717) is 18.9 Å². The molecule has 0 aromatic heterocycles. The van der Waals surface area contributed by atoms with Gasteiger partial charge in [-0.25, -0.2) is 0 Å². The van der Waals surface area contributed by atoms with Gasteiger partial charge in [0.25, 0.3) is 0 Å². The predicted molar refractivity (Wildman–Crippen MR) is 47.2 cm³/mol. The van der Waals surface area contributed by atoms with Crippen molar-refractivity contribution >= 4 is 11.9 Å². The second-order valence-electron chi connectivity index (χ2n) is 3.53. The summed E-state index contributed by atoms with van der Waals surface area (Å²) < 4.78 is 0. The molecule has 4 nitrogen and oxygen atoms in total. The SMILES string of the molecule is CCC1CNC(=O)CC1CC(=O)O. The van der Waals surface area contributed by atoms with E-state index in [1.165, 1.54) is 0 Å². The van der Waals surface area contributed by atoms with Crippen molar-refractivity contribution in [1.29, 1.82) is 0 Å². The number of amides is 1. The minimum absolute atomic E-state index is 0.0176. The lowest BCUT2D eigenvalue weighted by Crippen LogP contribution is -2.41. The Kier molecular flexibility index (Phi) is 3.28. The first-order valence-electron chi connectivity index (χ1n) is 4.62. The van der Waals surface area contributed by atoms with Crippen molar-refractivity contribution in [3.63, 3.8) is 0 Å². The number of hydrogen-bond donors (Lipinski definition) is 2. The zero-order chi connectivity index (χ0) is 9.84. The molecule has 1 rings (SSSR count). The van der Waals surface area contributed by atoms with Gasteiger partial charge in [0.15, 0.2) is 0 Å². The van der Waals surface area contributed by atoms with Crippen LogP contribution in [0.1, 0.15) is 26.2 Å². The summed E-state index contributed by atoms with van der Waals surface area (Å²) >= 11 is 0. The maximum Gasteiger partial charge on any atom is 0.303 e. The monoisotopic (exact) mass is 185 g/mol. The highest BCUT2D eigenvalue weighted by molar-refractivity contribution is 5.78. The second-order valence-corrected chi connectivity index (χ2v) is 3.53. The first kappa shape index (κ1) is 10.0. The summed E-state index contributed by atoms with van der Waals surface area (Å²) in [5.74, 6) is -0.473. The van der Waals surface area contributed by atoms with Crippen LogP contribution in [0.2, 0.25) is 0 Å². The molecule has 0 aromatic carbocycles. The fraction of sp³-hybridized carbons (Fsp3) is 0.778. The van der Waals surface area contributed by atoms with Gasteiger partial charge in [0.2, 0.25) is 5.91 Å². The number of aliphatic carboxylic acids is 1. The molecule has 2 unspecified atom stereocenters. The van der Waals surface area contributed by atoms with Gasteiger partial charge in [-0.05, 0) is 11.8 Å². The third kappa shape index (κ3) is 2.72. The minimum Gasteiger partial charge on any atom is -0.481 e. The average Bonchev–Trinajstić information content (AvgIpc) is 2.03. The number of hydrogen-bond acceptors (Lipinski definition) is 2. The van der Waals surface area contributed by atoms with Gasteiger partial charge in [0.05, 0.1) is 0 Å². The Balaban J connectivity index is 2.54. The largest absolute Gasteiger partial charge is 0.481 e. The molecule has 1 aliphatic heterocycles. The van der Waals surface area contributed by atoms with Crippen molar-refractivity contribution in [2.75, 3.05) is 6.54 Å². The number of nitrogens with one attached hydrogen (secondary N) is 1. The van der Waals surface area contributed by atoms with E-state index in [2.05, 4.69) is 5.32 Å². The highest BCUT2D eigenvalue weighted by atomic mass is 16.4. The van der Waals surface area contributed by atoms with Crippen LogP contribution < -0.4 is 5.32 Å². The predicted octanol–water partition coefficient (Wildman–Crippen LogP) is 0.623. The third-order valence-corrected chi connectivity index (χ3v) is 2.64. The number of carbonyl (C=O) groups is 2. The average molecular weight is 185 g/mol. The molecule has 2 N–H and O–H groups in total. The van der Waals surface area contributed by atoms with E-state index in [4.69, 9.17) is 5.11 Å². The van der Waals surface area contributed by atoms with Crippen molar-refractivity contribution in [2.24, 2.45) is 11.8 Å². The smallest absolute Gasteiger partial charge is 0.303 e. The molecule has 1 aliphatic rings. The van der Waals surface area contributed by atoms with Crippen molar-refractivity contribution in [2.45, 2.75) is 26.2 Å². The summed E-state index contributed by atoms with van der Waals surface area (Å²) in [6.07, 6.45) is 1.41. The summed E-state index contributed by atoms with van der Waals surface area (Å²) in [4.78, 5) is 21.5. The molecule has 0 spiro atoms. The maximum absolute atomic E-state index is 11.0. The van der Waals surface area contributed by atoms with E-state index in [9.17, 15) is 9.59 Å². The Morgan fingerprint density at radius 3 is 2.85 bits per heavy atom. The third-order valence-electron chi connectivity index (χ3n) is 2.64. The van der Waals surface area contributed by atoms with Gasteiger partial charge in [-0.3, -0.25) is 9.59 Å². The number of piperidine rings is 1. The molecule has 1 heterocycles. The second kappa shape index (κ2) is 4.25. The molecular formula is C9H15NO3.